The second-order valence-corrected chi connectivity index (χ2v) is 8.37. The fourth-order valence-corrected chi connectivity index (χ4v) is 4.94. The number of rotatable bonds is 4. The van der Waals surface area contributed by atoms with Crippen molar-refractivity contribution in [3.8, 4) is 0 Å². The van der Waals surface area contributed by atoms with Crippen molar-refractivity contribution >= 4 is 27.5 Å². The first kappa shape index (κ1) is 18.1. The van der Waals surface area contributed by atoms with Gasteiger partial charge in [0.05, 0.1) is 17.1 Å². The van der Waals surface area contributed by atoms with E-state index in [1.54, 1.807) is 12.1 Å². The standard InChI is InChI=1S/C20H23FN4OS/c1-12-7-15(9-22)10-24(12)19(26)18-8-17-13(2)23-25(20(17)27-18)11-14-3-5-16(21)6-4-14/h3-6,8,12,15H,7,9-11,22H2,1-2H3. The SMILES string of the molecule is Cc1nn(Cc2ccc(F)cc2)c2sc(C(=O)N3CC(CN)CC3C)cc12. The van der Waals surface area contributed by atoms with E-state index in [0.29, 0.717) is 19.0 Å². The zero-order chi connectivity index (χ0) is 19.1. The normalized spacial score (nSPS) is 19.9. The Hall–Kier alpha value is -2.25. The molecule has 1 saturated heterocycles. The van der Waals surface area contributed by atoms with Crippen LogP contribution in [0.3, 0.4) is 0 Å². The van der Waals surface area contributed by atoms with Crippen LogP contribution in [0, 0.1) is 18.7 Å². The molecule has 0 bridgehead atoms. The first-order chi connectivity index (χ1) is 13.0. The molecule has 0 aliphatic carbocycles. The number of fused-ring (bicyclic) bond motifs is 1. The largest absolute Gasteiger partial charge is 0.335 e. The number of hydrogen-bond acceptors (Lipinski definition) is 4. The highest BCUT2D eigenvalue weighted by molar-refractivity contribution is 7.20. The van der Waals surface area contributed by atoms with Gasteiger partial charge in [-0.15, -0.1) is 11.3 Å². The minimum absolute atomic E-state index is 0.0763. The maximum Gasteiger partial charge on any atom is 0.264 e. The van der Waals surface area contributed by atoms with Crippen LogP contribution in [0.5, 0.6) is 0 Å². The molecule has 0 saturated carbocycles. The number of carbonyl (C=O) groups is 1. The third kappa shape index (κ3) is 3.37. The number of nitrogens with two attached hydrogens (primary N) is 1. The maximum atomic E-state index is 13.1. The minimum Gasteiger partial charge on any atom is -0.335 e. The fraction of sp³-hybridized carbons (Fsp3) is 0.400. The van der Waals surface area contributed by atoms with Crippen LogP contribution in [0.4, 0.5) is 4.39 Å². The molecule has 7 heteroatoms. The lowest BCUT2D eigenvalue weighted by Gasteiger charge is -2.20. The molecule has 0 spiro atoms. The monoisotopic (exact) mass is 386 g/mol. The molecule has 1 aliphatic heterocycles. The van der Waals surface area contributed by atoms with Crippen LogP contribution >= 0.6 is 11.3 Å². The third-order valence-electron chi connectivity index (χ3n) is 5.32. The summed E-state index contributed by atoms with van der Waals surface area (Å²) in [7, 11) is 0. The summed E-state index contributed by atoms with van der Waals surface area (Å²) in [6.45, 7) is 5.93. The van der Waals surface area contributed by atoms with E-state index in [0.717, 1.165) is 39.3 Å². The second-order valence-electron chi connectivity index (χ2n) is 7.34. The number of thiophene rings is 1. The van der Waals surface area contributed by atoms with Gasteiger partial charge in [0.2, 0.25) is 0 Å². The predicted octanol–water partition coefficient (Wildman–Crippen LogP) is 3.40. The highest BCUT2D eigenvalue weighted by atomic mass is 32.1. The van der Waals surface area contributed by atoms with Gasteiger partial charge >= 0.3 is 0 Å². The van der Waals surface area contributed by atoms with Crippen LogP contribution in [-0.4, -0.2) is 39.7 Å². The number of halogens is 1. The van der Waals surface area contributed by atoms with Gasteiger partial charge in [0.15, 0.2) is 0 Å². The zero-order valence-corrected chi connectivity index (χ0v) is 16.3. The smallest absolute Gasteiger partial charge is 0.264 e. The molecule has 2 aromatic heterocycles. The summed E-state index contributed by atoms with van der Waals surface area (Å²) in [6, 6.07) is 8.60. The van der Waals surface area contributed by atoms with Crippen LogP contribution in [0.1, 0.15) is 34.3 Å². The number of hydrogen-bond donors (Lipinski definition) is 1. The van der Waals surface area contributed by atoms with E-state index < -0.39 is 0 Å². The third-order valence-corrected chi connectivity index (χ3v) is 6.46. The van der Waals surface area contributed by atoms with Crippen molar-refractivity contribution in [2.24, 2.45) is 11.7 Å². The Morgan fingerprint density at radius 3 is 2.78 bits per heavy atom. The van der Waals surface area contributed by atoms with Crippen molar-refractivity contribution in [3.05, 3.63) is 52.3 Å². The van der Waals surface area contributed by atoms with E-state index in [4.69, 9.17) is 5.73 Å². The molecule has 1 amide bonds. The summed E-state index contributed by atoms with van der Waals surface area (Å²) in [5, 5.41) is 5.60. The summed E-state index contributed by atoms with van der Waals surface area (Å²) in [6.07, 6.45) is 0.963. The van der Waals surface area contributed by atoms with E-state index >= 15 is 0 Å². The molecule has 1 aromatic carbocycles. The van der Waals surface area contributed by atoms with E-state index in [1.165, 1.54) is 23.5 Å². The van der Waals surface area contributed by atoms with Crippen LogP contribution < -0.4 is 5.73 Å². The minimum atomic E-state index is -0.250. The quantitative estimate of drug-likeness (QED) is 0.747. The molecule has 142 valence electrons. The van der Waals surface area contributed by atoms with Crippen molar-refractivity contribution in [1.29, 1.82) is 0 Å². The van der Waals surface area contributed by atoms with Crippen LogP contribution in [0.2, 0.25) is 0 Å². The van der Waals surface area contributed by atoms with Crippen LogP contribution in [-0.2, 0) is 6.54 Å². The average Bonchev–Trinajstić information content (AvgIpc) is 3.32. The summed E-state index contributed by atoms with van der Waals surface area (Å²) in [5.74, 6) is 0.210. The van der Waals surface area contributed by atoms with E-state index in [9.17, 15) is 9.18 Å². The topological polar surface area (TPSA) is 64.2 Å². The Balaban J connectivity index is 1.62. The fourth-order valence-electron chi connectivity index (χ4n) is 3.83. The summed E-state index contributed by atoms with van der Waals surface area (Å²) < 4.78 is 15.0. The Labute approximate surface area is 161 Å². The maximum absolute atomic E-state index is 13.1. The number of aromatic nitrogens is 2. The number of aryl methyl sites for hydroxylation is 1. The van der Waals surface area contributed by atoms with Gasteiger partial charge < -0.3 is 10.6 Å². The molecule has 4 rings (SSSR count). The molecule has 2 unspecified atom stereocenters. The molecule has 5 nitrogen and oxygen atoms in total. The van der Waals surface area contributed by atoms with Gasteiger partial charge in [0.25, 0.3) is 5.91 Å². The van der Waals surface area contributed by atoms with Gasteiger partial charge in [0.1, 0.15) is 10.6 Å². The van der Waals surface area contributed by atoms with E-state index in [-0.39, 0.29) is 17.8 Å². The number of benzene rings is 1. The predicted molar refractivity (Wildman–Crippen MR) is 106 cm³/mol. The Morgan fingerprint density at radius 1 is 1.37 bits per heavy atom. The Morgan fingerprint density at radius 2 is 2.11 bits per heavy atom. The lowest BCUT2D eigenvalue weighted by atomic mass is 10.1. The second kappa shape index (κ2) is 7.05. The number of nitrogens with zero attached hydrogens (tertiary/aromatic N) is 3. The summed E-state index contributed by atoms with van der Waals surface area (Å²) in [5.41, 5.74) is 7.67. The highest BCUT2D eigenvalue weighted by Gasteiger charge is 2.33. The number of likely N-dealkylation sites (tertiary alicyclic amines) is 1. The first-order valence-electron chi connectivity index (χ1n) is 9.18. The van der Waals surface area contributed by atoms with E-state index in [2.05, 4.69) is 12.0 Å². The van der Waals surface area contributed by atoms with Gasteiger partial charge in [-0.25, -0.2) is 4.39 Å². The van der Waals surface area contributed by atoms with Crippen molar-refractivity contribution in [1.82, 2.24) is 14.7 Å². The number of carbonyl (C=O) groups excluding carboxylic acids is 1. The lowest BCUT2D eigenvalue weighted by Crippen LogP contribution is -2.33. The molecule has 2 atom stereocenters. The van der Waals surface area contributed by atoms with Crippen molar-refractivity contribution in [2.75, 3.05) is 13.1 Å². The first-order valence-corrected chi connectivity index (χ1v) is 10.0. The molecule has 1 fully saturated rings. The molecule has 27 heavy (non-hydrogen) atoms. The summed E-state index contributed by atoms with van der Waals surface area (Å²) >= 11 is 1.48. The van der Waals surface area contributed by atoms with Crippen LogP contribution in [0.25, 0.3) is 10.2 Å². The van der Waals surface area contributed by atoms with Gasteiger partial charge in [0, 0.05) is 18.0 Å². The Bertz CT molecular complexity index is 978. The Kier molecular flexibility index (Phi) is 4.74. The molecule has 2 N–H and O–H groups in total. The molecule has 0 radical (unpaired) electrons. The van der Waals surface area contributed by atoms with Crippen molar-refractivity contribution in [3.63, 3.8) is 0 Å². The summed E-state index contributed by atoms with van der Waals surface area (Å²) in [4.78, 5) is 16.7. The molecular weight excluding hydrogens is 363 g/mol. The zero-order valence-electron chi connectivity index (χ0n) is 15.5. The van der Waals surface area contributed by atoms with Gasteiger partial charge in [-0.3, -0.25) is 9.48 Å². The molecule has 1 aliphatic rings. The molecule has 3 aromatic rings. The van der Waals surface area contributed by atoms with E-state index in [1.807, 2.05) is 22.6 Å². The molecular formula is C20H23FN4OS. The van der Waals surface area contributed by atoms with Crippen LogP contribution in [0.15, 0.2) is 30.3 Å². The molecule has 3 heterocycles. The lowest BCUT2D eigenvalue weighted by molar-refractivity contribution is 0.0748. The van der Waals surface area contributed by atoms with Gasteiger partial charge in [-0.2, -0.15) is 5.10 Å². The van der Waals surface area contributed by atoms with Crippen molar-refractivity contribution in [2.45, 2.75) is 32.9 Å². The van der Waals surface area contributed by atoms with Gasteiger partial charge in [-0.05, 0) is 56.5 Å². The average molecular weight is 386 g/mol. The number of amides is 1. The highest BCUT2D eigenvalue weighted by Crippen LogP contribution is 2.32. The van der Waals surface area contributed by atoms with Crippen molar-refractivity contribution < 1.29 is 9.18 Å². The van der Waals surface area contributed by atoms with Gasteiger partial charge in [-0.1, -0.05) is 12.1 Å².